The first kappa shape index (κ1) is 13.4. The van der Waals surface area contributed by atoms with Crippen LogP contribution in [-0.4, -0.2) is 23.3 Å². The van der Waals surface area contributed by atoms with Crippen molar-refractivity contribution < 1.29 is 23.0 Å². The van der Waals surface area contributed by atoms with Crippen LogP contribution in [0.2, 0.25) is 0 Å². The Morgan fingerprint density at radius 1 is 1.56 bits per heavy atom. The second-order valence-corrected chi connectivity index (χ2v) is 4.43. The van der Waals surface area contributed by atoms with E-state index in [2.05, 4.69) is 4.98 Å². The van der Waals surface area contributed by atoms with Crippen LogP contribution >= 0.6 is 11.3 Å². The maximum Gasteiger partial charge on any atom is 0.443 e. The van der Waals surface area contributed by atoms with E-state index in [-0.39, 0.29) is 17.4 Å². The van der Waals surface area contributed by atoms with Gasteiger partial charge in [0.2, 0.25) is 0 Å². The van der Waals surface area contributed by atoms with Gasteiger partial charge in [0.15, 0.2) is 5.01 Å². The SMILES string of the molecule is COC(C)CC(O)c1cnc(C(F)(F)F)s1. The number of methoxy groups -OCH3 is 1. The smallest absolute Gasteiger partial charge is 0.387 e. The third kappa shape index (κ3) is 3.43. The molecule has 1 aromatic rings. The largest absolute Gasteiger partial charge is 0.443 e. The van der Waals surface area contributed by atoms with Crippen molar-refractivity contribution in [3.8, 4) is 0 Å². The minimum Gasteiger partial charge on any atom is -0.387 e. The molecule has 7 heteroatoms. The van der Waals surface area contributed by atoms with E-state index in [9.17, 15) is 18.3 Å². The number of alkyl halides is 3. The van der Waals surface area contributed by atoms with Crippen molar-refractivity contribution in [1.82, 2.24) is 4.98 Å². The van der Waals surface area contributed by atoms with Gasteiger partial charge in [0.1, 0.15) is 0 Å². The minimum absolute atomic E-state index is 0.205. The molecule has 0 saturated carbocycles. The summed E-state index contributed by atoms with van der Waals surface area (Å²) in [5.41, 5.74) is 0. The van der Waals surface area contributed by atoms with Gasteiger partial charge in [-0.3, -0.25) is 0 Å². The van der Waals surface area contributed by atoms with E-state index in [4.69, 9.17) is 4.74 Å². The van der Waals surface area contributed by atoms with E-state index in [1.807, 2.05) is 0 Å². The van der Waals surface area contributed by atoms with Crippen molar-refractivity contribution in [1.29, 1.82) is 0 Å². The summed E-state index contributed by atoms with van der Waals surface area (Å²) in [5.74, 6) is 0. The van der Waals surface area contributed by atoms with Crippen molar-refractivity contribution in [3.63, 3.8) is 0 Å². The highest BCUT2D eigenvalue weighted by Gasteiger charge is 2.35. The first-order valence-electron chi connectivity index (χ1n) is 4.58. The molecule has 16 heavy (non-hydrogen) atoms. The molecule has 0 bridgehead atoms. The molecule has 1 rings (SSSR count). The van der Waals surface area contributed by atoms with Gasteiger partial charge in [-0.1, -0.05) is 0 Å². The summed E-state index contributed by atoms with van der Waals surface area (Å²) < 4.78 is 41.6. The van der Waals surface area contributed by atoms with Gasteiger partial charge < -0.3 is 9.84 Å². The lowest BCUT2D eigenvalue weighted by atomic mass is 10.1. The predicted octanol–water partition coefficient (Wildman–Crippen LogP) is 2.62. The Kier molecular flexibility index (Phi) is 4.28. The Hall–Kier alpha value is -0.660. The monoisotopic (exact) mass is 255 g/mol. The summed E-state index contributed by atoms with van der Waals surface area (Å²) in [7, 11) is 1.48. The van der Waals surface area contributed by atoms with Crippen molar-refractivity contribution >= 4 is 11.3 Å². The molecule has 92 valence electrons. The van der Waals surface area contributed by atoms with Gasteiger partial charge in [-0.25, -0.2) is 4.98 Å². The van der Waals surface area contributed by atoms with Crippen LogP contribution in [0.4, 0.5) is 13.2 Å². The maximum atomic E-state index is 12.2. The van der Waals surface area contributed by atoms with E-state index < -0.39 is 17.3 Å². The third-order valence-electron chi connectivity index (χ3n) is 2.05. The van der Waals surface area contributed by atoms with E-state index in [1.165, 1.54) is 7.11 Å². The van der Waals surface area contributed by atoms with Crippen LogP contribution in [0.25, 0.3) is 0 Å². The molecule has 0 radical (unpaired) electrons. The first-order chi connectivity index (χ1) is 7.34. The molecule has 1 aromatic heterocycles. The molecule has 0 amide bonds. The fourth-order valence-electron chi connectivity index (χ4n) is 1.10. The van der Waals surface area contributed by atoms with Crippen molar-refractivity contribution in [2.24, 2.45) is 0 Å². The fourth-order valence-corrected chi connectivity index (χ4v) is 1.88. The van der Waals surface area contributed by atoms with E-state index >= 15 is 0 Å². The van der Waals surface area contributed by atoms with Crippen LogP contribution in [0, 0.1) is 0 Å². The van der Waals surface area contributed by atoms with Crippen LogP contribution < -0.4 is 0 Å². The summed E-state index contributed by atoms with van der Waals surface area (Å²) in [5, 5.41) is 8.69. The molecule has 0 aromatic carbocycles. The van der Waals surface area contributed by atoms with Gasteiger partial charge in [-0.2, -0.15) is 13.2 Å². The molecule has 0 aliphatic rings. The molecule has 0 saturated heterocycles. The van der Waals surface area contributed by atoms with Crippen molar-refractivity contribution in [2.45, 2.75) is 31.7 Å². The highest BCUT2D eigenvalue weighted by atomic mass is 32.1. The zero-order chi connectivity index (χ0) is 12.3. The van der Waals surface area contributed by atoms with Crippen LogP contribution in [0.3, 0.4) is 0 Å². The molecule has 1 N–H and O–H groups in total. The average Bonchev–Trinajstić information content (AvgIpc) is 2.65. The van der Waals surface area contributed by atoms with Gasteiger partial charge in [0.05, 0.1) is 17.1 Å². The Morgan fingerprint density at radius 3 is 2.62 bits per heavy atom. The normalized spacial score (nSPS) is 16.1. The predicted molar refractivity (Wildman–Crippen MR) is 53.2 cm³/mol. The van der Waals surface area contributed by atoms with Crippen LogP contribution in [0.15, 0.2) is 6.20 Å². The van der Waals surface area contributed by atoms with Gasteiger partial charge in [-0.05, 0) is 6.92 Å². The lowest BCUT2D eigenvalue weighted by Crippen LogP contribution is -2.10. The Labute approximate surface area is 94.9 Å². The number of thiazole rings is 1. The van der Waals surface area contributed by atoms with Crippen LogP contribution in [-0.2, 0) is 10.9 Å². The van der Waals surface area contributed by atoms with Crippen molar-refractivity contribution in [2.75, 3.05) is 7.11 Å². The lowest BCUT2D eigenvalue weighted by Gasteiger charge is -2.13. The molecule has 0 fully saturated rings. The van der Waals surface area contributed by atoms with Gasteiger partial charge in [0.25, 0.3) is 0 Å². The average molecular weight is 255 g/mol. The van der Waals surface area contributed by atoms with Crippen LogP contribution in [0.5, 0.6) is 0 Å². The van der Waals surface area contributed by atoms with E-state index in [0.717, 1.165) is 6.20 Å². The molecular formula is C9H12F3NO2S. The number of hydrogen-bond donors (Lipinski definition) is 1. The molecule has 0 aliphatic carbocycles. The third-order valence-corrected chi connectivity index (χ3v) is 3.20. The number of nitrogens with zero attached hydrogens (tertiary/aromatic N) is 1. The molecule has 0 aliphatic heterocycles. The summed E-state index contributed by atoms with van der Waals surface area (Å²) >= 11 is 0.459. The van der Waals surface area contributed by atoms with E-state index in [1.54, 1.807) is 6.92 Å². The maximum absolute atomic E-state index is 12.2. The summed E-state index contributed by atoms with van der Waals surface area (Å²) in [6.45, 7) is 1.73. The molecule has 2 atom stereocenters. The second kappa shape index (κ2) is 5.11. The number of halogens is 3. The van der Waals surface area contributed by atoms with Crippen molar-refractivity contribution in [3.05, 3.63) is 16.1 Å². The highest BCUT2D eigenvalue weighted by molar-refractivity contribution is 7.11. The Bertz CT molecular complexity index is 340. The zero-order valence-corrected chi connectivity index (χ0v) is 9.60. The Morgan fingerprint density at radius 2 is 2.19 bits per heavy atom. The fraction of sp³-hybridized carbons (Fsp3) is 0.667. The highest BCUT2D eigenvalue weighted by Crippen LogP contribution is 2.35. The second-order valence-electron chi connectivity index (χ2n) is 3.36. The van der Waals surface area contributed by atoms with Gasteiger partial charge in [0, 0.05) is 19.7 Å². The number of ether oxygens (including phenoxy) is 1. The first-order valence-corrected chi connectivity index (χ1v) is 5.40. The van der Waals surface area contributed by atoms with Crippen LogP contribution in [0.1, 0.15) is 29.3 Å². The molecule has 2 unspecified atom stereocenters. The summed E-state index contributed by atoms with van der Waals surface area (Å²) in [6.07, 6.45) is -4.33. The summed E-state index contributed by atoms with van der Waals surface area (Å²) in [6, 6.07) is 0. The number of aliphatic hydroxyl groups is 1. The quantitative estimate of drug-likeness (QED) is 0.899. The topological polar surface area (TPSA) is 42.4 Å². The number of rotatable bonds is 4. The van der Waals surface area contributed by atoms with E-state index in [0.29, 0.717) is 11.3 Å². The number of aromatic nitrogens is 1. The number of hydrogen-bond acceptors (Lipinski definition) is 4. The van der Waals surface area contributed by atoms with Gasteiger partial charge >= 0.3 is 6.18 Å². The molecule has 1 heterocycles. The zero-order valence-electron chi connectivity index (χ0n) is 8.78. The lowest BCUT2D eigenvalue weighted by molar-refractivity contribution is -0.137. The van der Waals surface area contributed by atoms with Gasteiger partial charge in [-0.15, -0.1) is 11.3 Å². The Balaban J connectivity index is 2.71. The number of aliphatic hydroxyl groups excluding tert-OH is 1. The molecule has 3 nitrogen and oxygen atoms in total. The standard InChI is InChI=1S/C9H12F3NO2S/c1-5(15-2)3-6(14)7-4-13-8(16-7)9(10,11)12/h4-6,14H,3H2,1-2H3. The summed E-state index contributed by atoms with van der Waals surface area (Å²) in [4.78, 5) is 3.44. The molecular weight excluding hydrogens is 243 g/mol. The molecule has 0 spiro atoms. The minimum atomic E-state index is -4.45.